The molecule has 0 unspecified atom stereocenters. The van der Waals surface area contributed by atoms with Gasteiger partial charge in [-0.05, 0) is 62.6 Å². The molecule has 3 aliphatic carbocycles. The van der Waals surface area contributed by atoms with E-state index in [1.807, 2.05) is 6.07 Å². The first-order chi connectivity index (χ1) is 12.6. The number of likely N-dealkylation sites (tertiary alicyclic amines) is 1. The smallest absolute Gasteiger partial charge is 0.166 e. The van der Waals surface area contributed by atoms with Crippen molar-refractivity contribution in [3.8, 4) is 11.5 Å². The van der Waals surface area contributed by atoms with Gasteiger partial charge in [-0.1, -0.05) is 6.07 Å². The molecule has 0 amide bonds. The highest BCUT2D eigenvalue weighted by atomic mass is 16.5. The van der Waals surface area contributed by atoms with Crippen molar-refractivity contribution >= 4 is 0 Å². The van der Waals surface area contributed by atoms with E-state index < -0.39 is 17.1 Å². The third-order valence-corrected chi connectivity index (χ3v) is 7.94. The van der Waals surface area contributed by atoms with Gasteiger partial charge in [0.25, 0.3) is 0 Å². The normalized spacial score (nSPS) is 43.0. The number of aliphatic hydroxyl groups excluding tert-OH is 1. The lowest BCUT2D eigenvalue weighted by Gasteiger charge is -2.63. The van der Waals surface area contributed by atoms with Crippen molar-refractivity contribution in [2.45, 2.75) is 67.8 Å². The van der Waals surface area contributed by atoms with Crippen LogP contribution in [0.5, 0.6) is 11.5 Å². The molecule has 3 fully saturated rings. The number of rotatable bonds is 3. The van der Waals surface area contributed by atoms with Crippen molar-refractivity contribution < 1.29 is 19.7 Å². The van der Waals surface area contributed by atoms with Gasteiger partial charge < -0.3 is 19.7 Å². The predicted octanol–water partition coefficient (Wildman–Crippen LogP) is 1.62. The van der Waals surface area contributed by atoms with Gasteiger partial charge in [0, 0.05) is 18.2 Å². The summed E-state index contributed by atoms with van der Waals surface area (Å²) in [5.41, 5.74) is 1.08. The Bertz CT molecular complexity index is 778. The number of aliphatic hydroxyl groups is 2. The maximum Gasteiger partial charge on any atom is 0.166 e. The van der Waals surface area contributed by atoms with Crippen molar-refractivity contribution in [3.63, 3.8) is 0 Å². The summed E-state index contributed by atoms with van der Waals surface area (Å²) in [5.74, 6) is 2.30. The van der Waals surface area contributed by atoms with Crippen LogP contribution in [0.25, 0.3) is 0 Å². The minimum absolute atomic E-state index is 0.127. The molecule has 1 aromatic rings. The lowest BCUT2D eigenvalue weighted by molar-refractivity contribution is -0.208. The quantitative estimate of drug-likeness (QED) is 0.861. The topological polar surface area (TPSA) is 62.2 Å². The second-order valence-corrected chi connectivity index (χ2v) is 9.08. The average molecular weight is 357 g/mol. The van der Waals surface area contributed by atoms with Crippen LogP contribution in [0, 0.1) is 5.92 Å². The van der Waals surface area contributed by atoms with Crippen LogP contribution in [-0.2, 0) is 11.8 Å². The lowest BCUT2D eigenvalue weighted by atomic mass is 9.48. The molecule has 5 atom stereocenters. The van der Waals surface area contributed by atoms with E-state index in [9.17, 15) is 10.2 Å². The van der Waals surface area contributed by atoms with Crippen LogP contribution in [-0.4, -0.2) is 59.2 Å². The summed E-state index contributed by atoms with van der Waals surface area (Å²) in [6, 6.07) is 4.27. The molecule has 2 aliphatic heterocycles. The van der Waals surface area contributed by atoms with Crippen LogP contribution >= 0.6 is 0 Å². The van der Waals surface area contributed by atoms with E-state index in [0.717, 1.165) is 48.9 Å². The third-order valence-electron chi connectivity index (χ3n) is 7.94. The molecule has 5 aliphatic rings. The van der Waals surface area contributed by atoms with Crippen molar-refractivity contribution in [1.82, 2.24) is 4.90 Å². The molecule has 26 heavy (non-hydrogen) atoms. The van der Waals surface area contributed by atoms with Crippen LogP contribution in [0.15, 0.2) is 12.1 Å². The largest absolute Gasteiger partial charge is 0.493 e. The summed E-state index contributed by atoms with van der Waals surface area (Å²) in [6.45, 7) is 2.08. The minimum Gasteiger partial charge on any atom is -0.493 e. The summed E-state index contributed by atoms with van der Waals surface area (Å²) in [4.78, 5) is 2.54. The van der Waals surface area contributed by atoms with E-state index in [1.54, 1.807) is 7.11 Å². The Hall–Kier alpha value is -1.30. The van der Waals surface area contributed by atoms with E-state index in [2.05, 4.69) is 11.0 Å². The molecule has 2 heterocycles. The Morgan fingerprint density at radius 2 is 2.12 bits per heavy atom. The Labute approximate surface area is 153 Å². The fraction of sp³-hybridized carbons (Fsp3) is 0.714. The molecule has 5 nitrogen and oxygen atoms in total. The molecule has 2 saturated carbocycles. The lowest BCUT2D eigenvalue weighted by Crippen LogP contribution is -2.77. The summed E-state index contributed by atoms with van der Waals surface area (Å²) in [6.07, 6.45) is 4.72. The summed E-state index contributed by atoms with van der Waals surface area (Å²) < 4.78 is 11.9. The van der Waals surface area contributed by atoms with Crippen LogP contribution in [0.2, 0.25) is 0 Å². The average Bonchev–Trinajstić information content (AvgIpc) is 3.37. The van der Waals surface area contributed by atoms with Crippen LogP contribution in [0.4, 0.5) is 0 Å². The predicted molar refractivity (Wildman–Crippen MR) is 95.7 cm³/mol. The minimum atomic E-state index is -0.825. The standard InChI is InChI=1S/C21H27NO4/c1-25-15-5-4-13-10-16-21(24)7-6-14(23)19-20(21,17(13)18(15)26-19)8-9-22(16)11-12-2-3-12/h4-5,12,14,16,19,23-24H,2-3,6-11H2,1H3/t14-,16-,19+,20+,21-/m1/s1. The van der Waals surface area contributed by atoms with E-state index in [1.165, 1.54) is 18.4 Å². The highest BCUT2D eigenvalue weighted by Crippen LogP contribution is 2.65. The fourth-order valence-corrected chi connectivity index (χ4v) is 6.61. The van der Waals surface area contributed by atoms with E-state index in [4.69, 9.17) is 9.47 Å². The van der Waals surface area contributed by atoms with E-state index in [0.29, 0.717) is 12.8 Å². The SMILES string of the molecule is COc1ccc2c3c1O[C@H]1[C@H](O)CC[C@@]4(O)[C@@H](C2)N(CC2CC2)CC[C@]314. The van der Waals surface area contributed by atoms with Crippen molar-refractivity contribution in [2.24, 2.45) is 5.92 Å². The van der Waals surface area contributed by atoms with Gasteiger partial charge in [0.1, 0.15) is 6.10 Å². The van der Waals surface area contributed by atoms with Gasteiger partial charge in [0.15, 0.2) is 11.5 Å². The number of methoxy groups -OCH3 is 1. The first-order valence-corrected chi connectivity index (χ1v) is 10.1. The van der Waals surface area contributed by atoms with Gasteiger partial charge in [0.05, 0.1) is 24.2 Å². The number of ether oxygens (including phenoxy) is 2. The zero-order valence-electron chi connectivity index (χ0n) is 15.3. The Balaban J connectivity index is 1.56. The molecular formula is C21H27NO4. The highest BCUT2D eigenvalue weighted by Gasteiger charge is 2.72. The molecule has 5 heteroatoms. The van der Waals surface area contributed by atoms with Crippen LogP contribution in [0.1, 0.15) is 43.2 Å². The van der Waals surface area contributed by atoms with E-state index in [-0.39, 0.29) is 12.1 Å². The molecular weight excluding hydrogens is 330 g/mol. The van der Waals surface area contributed by atoms with E-state index >= 15 is 0 Å². The van der Waals surface area contributed by atoms with Gasteiger partial charge in [0.2, 0.25) is 0 Å². The van der Waals surface area contributed by atoms with Gasteiger partial charge in [-0.2, -0.15) is 0 Å². The monoisotopic (exact) mass is 357 g/mol. The van der Waals surface area contributed by atoms with Gasteiger partial charge in [-0.3, -0.25) is 4.90 Å². The van der Waals surface area contributed by atoms with Crippen molar-refractivity contribution in [2.75, 3.05) is 20.2 Å². The zero-order valence-corrected chi connectivity index (χ0v) is 15.3. The van der Waals surface area contributed by atoms with Crippen LogP contribution in [0.3, 0.4) is 0 Å². The van der Waals surface area contributed by atoms with Gasteiger partial charge >= 0.3 is 0 Å². The molecule has 140 valence electrons. The first-order valence-electron chi connectivity index (χ1n) is 10.1. The Morgan fingerprint density at radius 1 is 1.27 bits per heavy atom. The summed E-state index contributed by atoms with van der Waals surface area (Å²) in [7, 11) is 1.66. The maximum absolute atomic E-state index is 12.1. The molecule has 2 bridgehead atoms. The van der Waals surface area contributed by atoms with Gasteiger partial charge in [-0.25, -0.2) is 0 Å². The maximum atomic E-state index is 12.1. The number of hydrogen-bond donors (Lipinski definition) is 2. The third kappa shape index (κ3) is 1.68. The van der Waals surface area contributed by atoms with Crippen molar-refractivity contribution in [1.29, 1.82) is 0 Å². The summed E-state index contributed by atoms with van der Waals surface area (Å²) >= 11 is 0. The molecule has 2 N–H and O–H groups in total. The molecule has 0 aromatic heterocycles. The number of piperidine rings is 1. The second kappa shape index (κ2) is 4.94. The van der Waals surface area contributed by atoms with Crippen molar-refractivity contribution in [3.05, 3.63) is 23.3 Å². The molecule has 0 radical (unpaired) electrons. The number of nitrogens with zero attached hydrogens (tertiary/aromatic N) is 1. The Morgan fingerprint density at radius 3 is 2.88 bits per heavy atom. The zero-order chi connectivity index (χ0) is 17.7. The molecule has 1 saturated heterocycles. The molecule has 6 rings (SSSR count). The number of benzene rings is 1. The first kappa shape index (κ1) is 15.7. The van der Waals surface area contributed by atoms with Crippen LogP contribution < -0.4 is 9.47 Å². The molecule has 1 aromatic carbocycles. The fourth-order valence-electron chi connectivity index (χ4n) is 6.61. The van der Waals surface area contributed by atoms with Gasteiger partial charge in [-0.15, -0.1) is 0 Å². The molecule has 1 spiro atoms. The second-order valence-electron chi connectivity index (χ2n) is 9.08. The summed E-state index contributed by atoms with van der Waals surface area (Å²) in [5, 5.41) is 22.9. The highest BCUT2D eigenvalue weighted by molar-refractivity contribution is 5.62. The number of hydrogen-bond acceptors (Lipinski definition) is 5. The Kier molecular flexibility index (Phi) is 2.99.